The Morgan fingerprint density at radius 3 is 2.39 bits per heavy atom. The van der Waals surface area contributed by atoms with Crippen molar-refractivity contribution in [2.24, 2.45) is 29.2 Å². The normalized spacial score (nSPS) is 28.5. The third kappa shape index (κ3) is 5.18. The molecule has 0 radical (unpaired) electrons. The summed E-state index contributed by atoms with van der Waals surface area (Å²) in [6.45, 7) is 8.35. The number of nitrogens with zero attached hydrogens (tertiary/aromatic N) is 5. The number of piperidine rings is 1. The molecule has 5 N–H and O–H groups in total. The highest BCUT2D eigenvalue weighted by Gasteiger charge is 2.53. The number of likely N-dealkylation sites (tertiary alicyclic amines) is 1. The van der Waals surface area contributed by atoms with E-state index < -0.39 is 11.2 Å². The standard InChI is InChI=1S/C25H38N8O3/c1-25(2,27)22(34)31-9-11-32(12-10-31)23(35)28-20-7-8-33(24(36)29-20)17-5-3-16(4-6-17)13-30-14-18-19(15-30)21(18)26/h5,7-8,16,18-19,21H,3-4,6,9-15,26-27H2,1-2H3,(H,28,29,35,36). The van der Waals surface area contributed by atoms with Crippen LogP contribution >= 0.6 is 0 Å². The summed E-state index contributed by atoms with van der Waals surface area (Å²) >= 11 is 0. The van der Waals surface area contributed by atoms with Gasteiger partial charge in [-0.15, -0.1) is 0 Å². The van der Waals surface area contributed by atoms with Crippen molar-refractivity contribution in [1.82, 2.24) is 24.3 Å². The second-order valence-corrected chi connectivity index (χ2v) is 11.4. The van der Waals surface area contributed by atoms with Crippen LogP contribution in [0.2, 0.25) is 0 Å². The van der Waals surface area contributed by atoms with E-state index in [0.29, 0.717) is 50.0 Å². The van der Waals surface area contributed by atoms with Crippen LogP contribution in [0.5, 0.6) is 0 Å². The largest absolute Gasteiger partial charge is 0.353 e. The number of urea groups is 1. The molecular weight excluding hydrogens is 460 g/mol. The number of carbonyl (C=O) groups excluding carboxylic acids is 2. The van der Waals surface area contributed by atoms with E-state index in [1.165, 1.54) is 0 Å². The Hall–Kier alpha value is -2.76. The predicted octanol–water partition coefficient (Wildman–Crippen LogP) is 0.187. The van der Waals surface area contributed by atoms with Crippen LogP contribution in [-0.2, 0) is 4.79 Å². The van der Waals surface area contributed by atoms with Crippen molar-refractivity contribution >= 4 is 23.5 Å². The van der Waals surface area contributed by atoms with Gasteiger partial charge < -0.3 is 26.2 Å². The summed E-state index contributed by atoms with van der Waals surface area (Å²) in [7, 11) is 0. The monoisotopic (exact) mass is 498 g/mol. The molecule has 2 aliphatic heterocycles. The quantitative estimate of drug-likeness (QED) is 0.526. The lowest BCUT2D eigenvalue weighted by Crippen LogP contribution is -2.58. The van der Waals surface area contributed by atoms with Gasteiger partial charge in [-0.3, -0.25) is 14.7 Å². The number of nitrogens with two attached hydrogens (primary N) is 2. The Labute approximate surface area is 211 Å². The Morgan fingerprint density at radius 1 is 1.14 bits per heavy atom. The van der Waals surface area contributed by atoms with Gasteiger partial charge in [0.1, 0.15) is 5.82 Å². The summed E-state index contributed by atoms with van der Waals surface area (Å²) in [5.41, 5.74) is 11.6. The number of allylic oxidation sites excluding steroid dienone is 2. The summed E-state index contributed by atoms with van der Waals surface area (Å²) < 4.78 is 1.58. The Morgan fingerprint density at radius 2 is 1.81 bits per heavy atom. The number of aromatic nitrogens is 2. The minimum Gasteiger partial charge on any atom is -0.338 e. The third-order valence-corrected chi connectivity index (χ3v) is 8.10. The number of amides is 3. The van der Waals surface area contributed by atoms with Gasteiger partial charge in [-0.1, -0.05) is 6.08 Å². The summed E-state index contributed by atoms with van der Waals surface area (Å²) in [4.78, 5) is 47.6. The number of rotatable bonds is 5. The Balaban J connectivity index is 1.11. The molecule has 3 amide bonds. The van der Waals surface area contributed by atoms with Gasteiger partial charge >= 0.3 is 11.7 Å². The minimum absolute atomic E-state index is 0.131. The maximum absolute atomic E-state index is 12.7. The van der Waals surface area contributed by atoms with Gasteiger partial charge in [0.25, 0.3) is 0 Å². The molecule has 1 aromatic rings. The SMILES string of the molecule is CC(C)(N)C(=O)N1CCN(C(=O)Nc2ccn(C3=CCC(CN4CC5C(N)C5C4)CC3)c(=O)n2)CC1. The zero-order chi connectivity index (χ0) is 25.6. The third-order valence-electron chi connectivity index (χ3n) is 8.10. The number of hydrogen-bond acceptors (Lipinski definition) is 7. The van der Waals surface area contributed by atoms with Crippen molar-refractivity contribution in [2.75, 3.05) is 51.1 Å². The van der Waals surface area contributed by atoms with Crippen molar-refractivity contribution in [1.29, 1.82) is 0 Å². The second kappa shape index (κ2) is 9.60. The first-order valence-electron chi connectivity index (χ1n) is 13.0. The van der Waals surface area contributed by atoms with Crippen molar-refractivity contribution < 1.29 is 9.59 Å². The fourth-order valence-corrected chi connectivity index (χ4v) is 5.83. The molecule has 1 saturated carbocycles. The lowest BCUT2D eigenvalue weighted by Gasteiger charge is -2.37. The Bertz CT molecular complexity index is 1090. The topological polar surface area (TPSA) is 143 Å². The lowest BCUT2D eigenvalue weighted by molar-refractivity contribution is -0.137. The fraction of sp³-hybridized carbons (Fsp3) is 0.680. The molecular formula is C25H38N8O3. The van der Waals surface area contributed by atoms with Gasteiger partial charge in [-0.25, -0.2) is 9.59 Å². The van der Waals surface area contributed by atoms with Crippen LogP contribution in [0.25, 0.3) is 5.70 Å². The van der Waals surface area contributed by atoms with E-state index in [1.807, 2.05) is 0 Å². The first-order chi connectivity index (χ1) is 17.1. The molecule has 2 saturated heterocycles. The second-order valence-electron chi connectivity index (χ2n) is 11.4. The number of carbonyl (C=O) groups is 2. The molecule has 11 nitrogen and oxygen atoms in total. The van der Waals surface area contributed by atoms with E-state index in [-0.39, 0.29) is 17.8 Å². The van der Waals surface area contributed by atoms with Gasteiger partial charge in [0, 0.05) is 63.7 Å². The zero-order valence-corrected chi connectivity index (χ0v) is 21.2. The van der Waals surface area contributed by atoms with Crippen molar-refractivity contribution in [3.05, 3.63) is 28.8 Å². The van der Waals surface area contributed by atoms with E-state index in [4.69, 9.17) is 11.5 Å². The predicted molar refractivity (Wildman–Crippen MR) is 137 cm³/mol. The molecule has 0 spiro atoms. The van der Waals surface area contributed by atoms with E-state index in [2.05, 4.69) is 21.3 Å². The zero-order valence-electron chi connectivity index (χ0n) is 21.2. The van der Waals surface area contributed by atoms with Crippen molar-refractivity contribution in [3.63, 3.8) is 0 Å². The van der Waals surface area contributed by atoms with E-state index in [1.54, 1.807) is 40.5 Å². The molecule has 3 unspecified atom stereocenters. The smallest absolute Gasteiger partial charge is 0.338 e. The first kappa shape index (κ1) is 24.9. The van der Waals surface area contributed by atoms with Gasteiger partial charge in [-0.2, -0.15) is 4.98 Å². The maximum atomic E-state index is 12.7. The van der Waals surface area contributed by atoms with Crippen molar-refractivity contribution in [2.45, 2.75) is 44.7 Å². The number of nitrogens with one attached hydrogen (secondary N) is 1. The van der Waals surface area contributed by atoms with E-state index >= 15 is 0 Å². The van der Waals surface area contributed by atoms with Crippen LogP contribution < -0.4 is 22.5 Å². The summed E-state index contributed by atoms with van der Waals surface area (Å²) in [5, 5.41) is 2.72. The highest BCUT2D eigenvalue weighted by molar-refractivity contribution is 5.89. The van der Waals surface area contributed by atoms with Gasteiger partial charge in [-0.05, 0) is 56.9 Å². The molecule has 2 aliphatic carbocycles. The van der Waals surface area contributed by atoms with Crippen LogP contribution in [0, 0.1) is 17.8 Å². The average Bonchev–Trinajstić information content (AvgIpc) is 3.23. The average molecular weight is 499 g/mol. The molecule has 1 aromatic heterocycles. The summed E-state index contributed by atoms with van der Waals surface area (Å²) in [6.07, 6.45) is 6.67. The number of piperazine rings is 1. The van der Waals surface area contributed by atoms with Crippen LogP contribution in [0.15, 0.2) is 23.1 Å². The molecule has 196 valence electrons. The van der Waals surface area contributed by atoms with Crippen LogP contribution in [0.4, 0.5) is 10.6 Å². The van der Waals surface area contributed by atoms with E-state index in [0.717, 1.165) is 44.6 Å². The summed E-state index contributed by atoms with van der Waals surface area (Å²) in [6, 6.07) is 1.75. The van der Waals surface area contributed by atoms with Gasteiger partial charge in [0.05, 0.1) is 5.54 Å². The summed E-state index contributed by atoms with van der Waals surface area (Å²) in [5.74, 6) is 2.12. The molecule has 5 rings (SSSR count). The fourth-order valence-electron chi connectivity index (χ4n) is 5.83. The van der Waals surface area contributed by atoms with E-state index in [9.17, 15) is 14.4 Å². The molecule has 3 heterocycles. The van der Waals surface area contributed by atoms with Crippen molar-refractivity contribution in [3.8, 4) is 0 Å². The lowest BCUT2D eigenvalue weighted by atomic mass is 9.92. The Kier molecular flexibility index (Phi) is 6.65. The van der Waals surface area contributed by atoms with Gasteiger partial charge in [0.2, 0.25) is 5.91 Å². The highest BCUT2D eigenvalue weighted by atomic mass is 16.2. The van der Waals surface area contributed by atoms with Crippen LogP contribution in [0.1, 0.15) is 33.1 Å². The van der Waals surface area contributed by atoms with Crippen LogP contribution in [0.3, 0.4) is 0 Å². The van der Waals surface area contributed by atoms with Crippen LogP contribution in [-0.4, -0.2) is 93.6 Å². The van der Waals surface area contributed by atoms with Gasteiger partial charge in [0.15, 0.2) is 0 Å². The molecule has 36 heavy (non-hydrogen) atoms. The maximum Gasteiger partial charge on any atom is 0.353 e. The number of fused-ring (bicyclic) bond motifs is 1. The first-order valence-corrected chi connectivity index (χ1v) is 13.0. The molecule has 4 aliphatic rings. The molecule has 0 aromatic carbocycles. The molecule has 11 heteroatoms. The highest BCUT2D eigenvalue weighted by Crippen LogP contribution is 2.44. The number of anilines is 1. The minimum atomic E-state index is -0.935. The number of hydrogen-bond donors (Lipinski definition) is 3. The molecule has 3 atom stereocenters. The molecule has 3 fully saturated rings. The molecule has 0 bridgehead atoms.